The normalized spacial score (nSPS) is 15.5. The molecule has 1 N–H and O–H groups in total. The van der Waals surface area contributed by atoms with E-state index < -0.39 is 0 Å². The number of aryl methyl sites for hydroxylation is 1. The van der Waals surface area contributed by atoms with Crippen LogP contribution in [0.15, 0.2) is 57.7 Å². The molecule has 2 aliphatic heterocycles. The number of hydrogen-bond donors (Lipinski definition) is 1. The van der Waals surface area contributed by atoms with Crippen molar-refractivity contribution in [3.8, 4) is 39.9 Å². The molecule has 0 radical (unpaired) electrons. The van der Waals surface area contributed by atoms with Gasteiger partial charge in [-0.3, -0.25) is 14.6 Å². The van der Waals surface area contributed by atoms with Crippen LogP contribution in [0.2, 0.25) is 0 Å². The Morgan fingerprint density at radius 2 is 1.57 bits per heavy atom. The van der Waals surface area contributed by atoms with Gasteiger partial charge in [0.2, 0.25) is 12.2 Å². The van der Waals surface area contributed by atoms with Gasteiger partial charge in [-0.2, -0.15) is 0 Å². The van der Waals surface area contributed by atoms with Crippen LogP contribution in [0.5, 0.6) is 28.7 Å². The Labute approximate surface area is 232 Å². The van der Waals surface area contributed by atoms with Gasteiger partial charge in [0.15, 0.2) is 23.0 Å². The van der Waals surface area contributed by atoms with E-state index in [1.165, 1.54) is 5.56 Å². The maximum Gasteiger partial charge on any atom is 0.231 e. The third kappa shape index (κ3) is 4.82. The Morgan fingerprint density at radius 1 is 0.850 bits per heavy atom. The van der Waals surface area contributed by atoms with Gasteiger partial charge in [0.05, 0.1) is 30.7 Å². The van der Waals surface area contributed by atoms with Crippen molar-refractivity contribution in [3.63, 3.8) is 0 Å². The fourth-order valence-electron chi connectivity index (χ4n) is 5.52. The topological polar surface area (TPSA) is 93.8 Å². The number of phenolic OH excluding ortho intramolecular Hbond substituents is 1. The third-order valence-electron chi connectivity index (χ3n) is 7.68. The largest absolute Gasteiger partial charge is 0.507 e. The molecule has 3 heterocycles. The van der Waals surface area contributed by atoms with Gasteiger partial charge < -0.3 is 28.5 Å². The van der Waals surface area contributed by atoms with Crippen LogP contribution >= 0.6 is 0 Å². The minimum absolute atomic E-state index is 0.122. The summed E-state index contributed by atoms with van der Waals surface area (Å²) >= 11 is 0. The molecular formula is C31H32N2O7. The quantitative estimate of drug-likeness (QED) is 0.360. The first-order valence-electron chi connectivity index (χ1n) is 13.3. The lowest BCUT2D eigenvalue weighted by molar-refractivity contribution is 0.121. The summed E-state index contributed by atoms with van der Waals surface area (Å²) in [5, 5.41) is 11.2. The second-order valence-corrected chi connectivity index (χ2v) is 10.1. The van der Waals surface area contributed by atoms with E-state index in [0.717, 1.165) is 44.2 Å². The van der Waals surface area contributed by atoms with Crippen molar-refractivity contribution in [3.05, 3.63) is 75.6 Å². The second-order valence-electron chi connectivity index (χ2n) is 10.1. The van der Waals surface area contributed by atoms with E-state index >= 15 is 0 Å². The lowest BCUT2D eigenvalue weighted by atomic mass is 10.00. The predicted molar refractivity (Wildman–Crippen MR) is 151 cm³/mol. The van der Waals surface area contributed by atoms with Crippen molar-refractivity contribution in [1.29, 1.82) is 0 Å². The van der Waals surface area contributed by atoms with Crippen molar-refractivity contribution < 1.29 is 28.5 Å². The van der Waals surface area contributed by atoms with Crippen LogP contribution in [-0.2, 0) is 13.1 Å². The first kappa shape index (κ1) is 26.0. The maximum absolute atomic E-state index is 13.7. The fourth-order valence-corrected chi connectivity index (χ4v) is 5.52. The lowest BCUT2D eigenvalue weighted by Crippen LogP contribution is -2.45. The highest BCUT2D eigenvalue weighted by atomic mass is 16.7. The highest BCUT2D eigenvalue weighted by Crippen LogP contribution is 2.36. The van der Waals surface area contributed by atoms with E-state index in [9.17, 15) is 9.90 Å². The van der Waals surface area contributed by atoms with Crippen molar-refractivity contribution in [2.24, 2.45) is 0 Å². The molecule has 9 nitrogen and oxygen atoms in total. The third-order valence-corrected chi connectivity index (χ3v) is 7.68. The molecular weight excluding hydrogens is 512 g/mol. The summed E-state index contributed by atoms with van der Waals surface area (Å²) in [5.74, 6) is 3.30. The first-order valence-corrected chi connectivity index (χ1v) is 13.3. The van der Waals surface area contributed by atoms with Crippen molar-refractivity contribution >= 4 is 11.0 Å². The number of rotatable bonds is 7. The average molecular weight is 545 g/mol. The minimum Gasteiger partial charge on any atom is -0.507 e. The number of aromatic hydroxyl groups is 1. The van der Waals surface area contributed by atoms with Crippen LogP contribution in [0.4, 0.5) is 0 Å². The maximum atomic E-state index is 13.7. The Kier molecular flexibility index (Phi) is 7.00. The number of benzene rings is 3. The summed E-state index contributed by atoms with van der Waals surface area (Å²) in [6, 6.07) is 14.7. The molecule has 0 spiro atoms. The fraction of sp³-hybridized carbons (Fsp3) is 0.323. The summed E-state index contributed by atoms with van der Waals surface area (Å²) < 4.78 is 28.0. The van der Waals surface area contributed by atoms with Gasteiger partial charge in [0.1, 0.15) is 17.1 Å². The van der Waals surface area contributed by atoms with Crippen molar-refractivity contribution in [2.75, 3.05) is 47.2 Å². The summed E-state index contributed by atoms with van der Waals surface area (Å²) in [6.45, 7) is 6.78. The molecule has 208 valence electrons. The van der Waals surface area contributed by atoms with Gasteiger partial charge in [0, 0.05) is 39.3 Å². The Hall–Kier alpha value is -4.21. The Morgan fingerprint density at radius 3 is 2.33 bits per heavy atom. The molecule has 0 bridgehead atoms. The molecule has 1 saturated heterocycles. The van der Waals surface area contributed by atoms with Crippen molar-refractivity contribution in [2.45, 2.75) is 20.0 Å². The van der Waals surface area contributed by atoms with Crippen LogP contribution in [-0.4, -0.2) is 62.1 Å². The molecule has 3 aromatic carbocycles. The zero-order chi connectivity index (χ0) is 27.8. The Balaban J connectivity index is 1.21. The molecule has 1 aromatic heterocycles. The molecule has 9 heteroatoms. The zero-order valence-electron chi connectivity index (χ0n) is 22.9. The number of hydrogen-bond acceptors (Lipinski definition) is 9. The van der Waals surface area contributed by atoms with Crippen molar-refractivity contribution in [1.82, 2.24) is 9.80 Å². The van der Waals surface area contributed by atoms with E-state index in [1.807, 2.05) is 18.2 Å². The summed E-state index contributed by atoms with van der Waals surface area (Å²) in [5.41, 5.74) is 3.23. The lowest BCUT2D eigenvalue weighted by Gasteiger charge is -2.34. The number of piperazine rings is 1. The molecule has 1 fully saturated rings. The molecule has 40 heavy (non-hydrogen) atoms. The summed E-state index contributed by atoms with van der Waals surface area (Å²) in [6.07, 6.45) is 0. The summed E-state index contributed by atoms with van der Waals surface area (Å²) in [7, 11) is 3.13. The highest BCUT2D eigenvalue weighted by Gasteiger charge is 2.23. The SMILES string of the molecule is COc1ccc(-c2c(C)oc3c(CN4CCN(Cc5ccc6c(c5)OCO6)CC4)c(O)ccc3c2=O)cc1OC. The predicted octanol–water partition coefficient (Wildman–Crippen LogP) is 4.54. The number of ether oxygens (including phenoxy) is 4. The van der Waals surface area contributed by atoms with Crippen LogP contribution in [0, 0.1) is 6.92 Å². The smallest absolute Gasteiger partial charge is 0.231 e. The van der Waals surface area contributed by atoms with Gasteiger partial charge in [-0.05, 0) is 54.4 Å². The van der Waals surface area contributed by atoms with Gasteiger partial charge in [-0.25, -0.2) is 0 Å². The van der Waals surface area contributed by atoms with Gasteiger partial charge in [-0.15, -0.1) is 0 Å². The summed E-state index contributed by atoms with van der Waals surface area (Å²) in [4.78, 5) is 18.4. The van der Waals surface area contributed by atoms with Crippen LogP contribution in [0.3, 0.4) is 0 Å². The zero-order valence-corrected chi connectivity index (χ0v) is 22.9. The monoisotopic (exact) mass is 544 g/mol. The molecule has 0 aliphatic carbocycles. The molecule has 0 atom stereocenters. The van der Waals surface area contributed by atoms with Gasteiger partial charge in [0.25, 0.3) is 0 Å². The molecule has 2 aliphatic rings. The average Bonchev–Trinajstić information content (AvgIpc) is 3.43. The molecule has 6 rings (SSSR count). The van der Waals surface area contributed by atoms with Gasteiger partial charge >= 0.3 is 0 Å². The van der Waals surface area contributed by atoms with Crippen LogP contribution in [0.1, 0.15) is 16.9 Å². The van der Waals surface area contributed by atoms with Crippen LogP contribution in [0.25, 0.3) is 22.1 Å². The number of nitrogens with zero attached hydrogens (tertiary/aromatic N) is 2. The number of methoxy groups -OCH3 is 2. The van der Waals surface area contributed by atoms with E-state index in [0.29, 0.717) is 51.5 Å². The van der Waals surface area contributed by atoms with Gasteiger partial charge in [-0.1, -0.05) is 12.1 Å². The highest BCUT2D eigenvalue weighted by molar-refractivity contribution is 5.87. The number of phenols is 1. The van der Waals surface area contributed by atoms with E-state index in [2.05, 4.69) is 15.9 Å². The molecule has 4 aromatic rings. The molecule has 0 saturated carbocycles. The van der Waals surface area contributed by atoms with E-state index in [-0.39, 0.29) is 18.0 Å². The minimum atomic E-state index is -0.152. The van der Waals surface area contributed by atoms with E-state index in [1.54, 1.807) is 45.4 Å². The van der Waals surface area contributed by atoms with E-state index in [4.69, 9.17) is 23.4 Å². The molecule has 0 amide bonds. The molecule has 0 unspecified atom stereocenters. The standard InChI is InChI=1S/C31H32N2O7/c1-19-29(21-5-9-25(36-2)27(15-21)37-3)30(35)22-6-7-24(34)23(31(22)40-19)17-33-12-10-32(11-13-33)16-20-4-8-26-28(14-20)39-18-38-26/h4-9,14-15,34H,10-13,16-18H2,1-3H3. The second kappa shape index (κ2) is 10.7. The Bertz CT molecular complexity index is 1620. The number of fused-ring (bicyclic) bond motifs is 2. The van der Waals surface area contributed by atoms with Crippen LogP contribution < -0.4 is 24.4 Å². The first-order chi connectivity index (χ1) is 19.4.